The molecular weight excluding hydrogens is 266 g/mol. The first-order valence-corrected chi connectivity index (χ1v) is 7.19. The molecule has 0 radical (unpaired) electrons. The molecule has 1 aliphatic rings. The number of hydrogen-bond acceptors (Lipinski definition) is 4. The highest BCUT2D eigenvalue weighted by molar-refractivity contribution is 5.94. The normalized spacial score (nSPS) is 18.7. The molecule has 110 valence electrons. The lowest BCUT2D eigenvalue weighted by atomic mass is 10.0. The van der Waals surface area contributed by atoms with Crippen LogP contribution in [0.25, 0.3) is 5.82 Å². The van der Waals surface area contributed by atoms with E-state index in [0.717, 1.165) is 25.9 Å². The number of likely N-dealkylation sites (tertiary alicyclic amines) is 1. The molecule has 0 spiro atoms. The van der Waals surface area contributed by atoms with Gasteiger partial charge in [-0.3, -0.25) is 9.36 Å². The highest BCUT2D eigenvalue weighted by Crippen LogP contribution is 2.15. The fourth-order valence-electron chi connectivity index (χ4n) is 2.67. The number of rotatable bonds is 3. The van der Waals surface area contributed by atoms with Gasteiger partial charge in [-0.25, -0.2) is 9.97 Å². The van der Waals surface area contributed by atoms with Gasteiger partial charge in [-0.1, -0.05) is 0 Å². The third-order valence-electron chi connectivity index (χ3n) is 3.88. The van der Waals surface area contributed by atoms with E-state index in [1.807, 2.05) is 24.2 Å². The van der Waals surface area contributed by atoms with E-state index in [4.69, 9.17) is 0 Å². The number of nitrogens with zero attached hydrogens (tertiary/aromatic N) is 4. The molecule has 21 heavy (non-hydrogen) atoms. The highest BCUT2D eigenvalue weighted by Gasteiger charge is 2.23. The molecule has 6 heteroatoms. The number of hydrogen-bond donors (Lipinski definition) is 1. The number of carbonyl (C=O) groups excluding carboxylic acids is 1. The van der Waals surface area contributed by atoms with Crippen molar-refractivity contribution >= 4 is 5.91 Å². The Hall–Kier alpha value is -2.21. The molecule has 2 aromatic heterocycles. The van der Waals surface area contributed by atoms with E-state index in [-0.39, 0.29) is 5.91 Å². The van der Waals surface area contributed by atoms with Gasteiger partial charge in [0, 0.05) is 43.3 Å². The summed E-state index contributed by atoms with van der Waals surface area (Å²) in [7, 11) is 1.95. The SMILES string of the molecule is CN[C@@H]1CCCN(C(=O)c2ccnc(-n3ccnc3)c2)C1. The molecule has 0 bridgehead atoms. The third-order valence-corrected chi connectivity index (χ3v) is 3.88. The Morgan fingerprint density at radius 2 is 2.33 bits per heavy atom. The number of imidazole rings is 1. The maximum absolute atomic E-state index is 12.6. The fourth-order valence-corrected chi connectivity index (χ4v) is 2.67. The van der Waals surface area contributed by atoms with Crippen LogP contribution in [0.1, 0.15) is 23.2 Å². The van der Waals surface area contributed by atoms with E-state index in [1.54, 1.807) is 29.4 Å². The Morgan fingerprint density at radius 1 is 1.43 bits per heavy atom. The van der Waals surface area contributed by atoms with E-state index in [1.165, 1.54) is 0 Å². The topological polar surface area (TPSA) is 63.1 Å². The summed E-state index contributed by atoms with van der Waals surface area (Å²) in [6.45, 7) is 1.58. The second kappa shape index (κ2) is 6.05. The molecule has 2 aromatic rings. The predicted octanol–water partition coefficient (Wildman–Crippen LogP) is 1.09. The van der Waals surface area contributed by atoms with Gasteiger partial charge in [-0.15, -0.1) is 0 Å². The second-order valence-corrected chi connectivity index (χ2v) is 5.25. The molecule has 0 aliphatic carbocycles. The van der Waals surface area contributed by atoms with Crippen LogP contribution in [0, 0.1) is 0 Å². The van der Waals surface area contributed by atoms with E-state index in [2.05, 4.69) is 15.3 Å². The summed E-state index contributed by atoms with van der Waals surface area (Å²) in [6.07, 6.45) is 9.01. The van der Waals surface area contributed by atoms with Gasteiger partial charge in [-0.05, 0) is 32.0 Å². The highest BCUT2D eigenvalue weighted by atomic mass is 16.2. The van der Waals surface area contributed by atoms with Gasteiger partial charge in [0.05, 0.1) is 0 Å². The zero-order valence-corrected chi connectivity index (χ0v) is 12.1. The van der Waals surface area contributed by atoms with Crippen molar-refractivity contribution in [3.05, 3.63) is 42.6 Å². The van der Waals surface area contributed by atoms with Crippen molar-refractivity contribution in [3.8, 4) is 5.82 Å². The Labute approximate surface area is 123 Å². The average molecular weight is 285 g/mol. The van der Waals surface area contributed by atoms with Gasteiger partial charge < -0.3 is 10.2 Å². The van der Waals surface area contributed by atoms with Crippen molar-refractivity contribution in [1.29, 1.82) is 0 Å². The first kappa shape index (κ1) is 13.8. The minimum absolute atomic E-state index is 0.0683. The Balaban J connectivity index is 1.80. The molecule has 1 fully saturated rings. The number of nitrogens with one attached hydrogen (secondary N) is 1. The third kappa shape index (κ3) is 2.95. The van der Waals surface area contributed by atoms with Gasteiger partial charge in [-0.2, -0.15) is 0 Å². The summed E-state index contributed by atoms with van der Waals surface area (Å²) < 4.78 is 1.80. The lowest BCUT2D eigenvalue weighted by molar-refractivity contribution is 0.0698. The van der Waals surface area contributed by atoms with Crippen LogP contribution in [0.5, 0.6) is 0 Å². The smallest absolute Gasteiger partial charge is 0.254 e. The van der Waals surface area contributed by atoms with Gasteiger partial charge in [0.15, 0.2) is 0 Å². The summed E-state index contributed by atoms with van der Waals surface area (Å²) in [5.74, 6) is 0.777. The van der Waals surface area contributed by atoms with E-state index in [9.17, 15) is 4.79 Å². The van der Waals surface area contributed by atoms with Crippen LogP contribution in [0.15, 0.2) is 37.1 Å². The summed E-state index contributed by atoms with van der Waals surface area (Å²) in [5.41, 5.74) is 0.672. The minimum atomic E-state index is 0.0683. The zero-order valence-electron chi connectivity index (χ0n) is 12.1. The first-order valence-electron chi connectivity index (χ1n) is 7.19. The molecule has 6 nitrogen and oxygen atoms in total. The lowest BCUT2D eigenvalue weighted by Gasteiger charge is -2.32. The van der Waals surface area contributed by atoms with Crippen molar-refractivity contribution in [2.24, 2.45) is 0 Å². The van der Waals surface area contributed by atoms with Gasteiger partial charge in [0.2, 0.25) is 0 Å². The maximum atomic E-state index is 12.6. The van der Waals surface area contributed by atoms with E-state index >= 15 is 0 Å². The Morgan fingerprint density at radius 3 is 3.10 bits per heavy atom. The monoisotopic (exact) mass is 285 g/mol. The number of carbonyl (C=O) groups is 1. The zero-order chi connectivity index (χ0) is 14.7. The van der Waals surface area contributed by atoms with Crippen LogP contribution in [-0.2, 0) is 0 Å². The van der Waals surface area contributed by atoms with Crippen molar-refractivity contribution in [2.45, 2.75) is 18.9 Å². The van der Waals surface area contributed by atoms with Crippen LogP contribution in [0.4, 0.5) is 0 Å². The number of aromatic nitrogens is 3. The fraction of sp³-hybridized carbons (Fsp3) is 0.400. The van der Waals surface area contributed by atoms with Crippen LogP contribution in [0.2, 0.25) is 0 Å². The standard InChI is InChI=1S/C15H19N5O/c1-16-13-3-2-7-19(10-13)15(21)12-4-5-18-14(9-12)20-8-6-17-11-20/h4-6,8-9,11,13,16H,2-3,7,10H2,1H3/t13-/m1/s1. The van der Waals surface area contributed by atoms with Crippen molar-refractivity contribution in [2.75, 3.05) is 20.1 Å². The first-order chi connectivity index (χ1) is 10.3. The largest absolute Gasteiger partial charge is 0.337 e. The molecule has 1 N–H and O–H groups in total. The van der Waals surface area contributed by atoms with Gasteiger partial charge >= 0.3 is 0 Å². The van der Waals surface area contributed by atoms with Crippen LogP contribution in [-0.4, -0.2) is 51.5 Å². The summed E-state index contributed by atoms with van der Waals surface area (Å²) in [4.78, 5) is 22.8. The molecule has 0 unspecified atom stereocenters. The molecule has 1 atom stereocenters. The lowest BCUT2D eigenvalue weighted by Crippen LogP contribution is -2.46. The van der Waals surface area contributed by atoms with Crippen LogP contribution < -0.4 is 5.32 Å². The van der Waals surface area contributed by atoms with Gasteiger partial charge in [0.1, 0.15) is 12.1 Å². The molecular formula is C15H19N5O. The molecule has 1 saturated heterocycles. The summed E-state index contributed by atoms with van der Waals surface area (Å²) >= 11 is 0. The van der Waals surface area contributed by atoms with E-state index in [0.29, 0.717) is 17.4 Å². The predicted molar refractivity (Wildman–Crippen MR) is 79.3 cm³/mol. The van der Waals surface area contributed by atoms with Crippen molar-refractivity contribution in [3.63, 3.8) is 0 Å². The number of piperidine rings is 1. The van der Waals surface area contributed by atoms with Gasteiger partial charge in [0.25, 0.3) is 5.91 Å². The molecule has 1 amide bonds. The van der Waals surface area contributed by atoms with E-state index < -0.39 is 0 Å². The minimum Gasteiger partial charge on any atom is -0.337 e. The van der Waals surface area contributed by atoms with Crippen LogP contribution in [0.3, 0.4) is 0 Å². The molecule has 0 aromatic carbocycles. The number of pyridine rings is 1. The molecule has 1 aliphatic heterocycles. The average Bonchev–Trinajstić information content (AvgIpc) is 3.09. The molecule has 3 rings (SSSR count). The number of likely N-dealkylation sites (N-methyl/N-ethyl adjacent to an activating group) is 1. The second-order valence-electron chi connectivity index (χ2n) is 5.25. The quantitative estimate of drug-likeness (QED) is 0.917. The van der Waals surface area contributed by atoms with Crippen molar-refractivity contribution in [1.82, 2.24) is 24.8 Å². The summed E-state index contributed by atoms with van der Waals surface area (Å²) in [6, 6.07) is 3.97. The summed E-state index contributed by atoms with van der Waals surface area (Å²) in [5, 5.41) is 3.26. The molecule has 3 heterocycles. The Bertz CT molecular complexity index is 610. The molecule has 0 saturated carbocycles. The Kier molecular flexibility index (Phi) is 3.96. The van der Waals surface area contributed by atoms with Crippen LogP contribution >= 0.6 is 0 Å². The maximum Gasteiger partial charge on any atom is 0.254 e. The number of amides is 1. The van der Waals surface area contributed by atoms with Crippen molar-refractivity contribution < 1.29 is 4.79 Å².